The lowest BCUT2D eigenvalue weighted by Crippen LogP contribution is -2.15. The summed E-state index contributed by atoms with van der Waals surface area (Å²) < 4.78 is 12.1. The summed E-state index contributed by atoms with van der Waals surface area (Å²) in [6, 6.07) is 14.5. The van der Waals surface area contributed by atoms with E-state index in [-0.39, 0.29) is 24.5 Å². The summed E-state index contributed by atoms with van der Waals surface area (Å²) in [6.07, 6.45) is 3.39. The zero-order valence-corrected chi connectivity index (χ0v) is 15.7. The van der Waals surface area contributed by atoms with Crippen LogP contribution in [0.4, 0.5) is 5.69 Å². The van der Waals surface area contributed by atoms with Crippen molar-refractivity contribution in [2.24, 2.45) is 0 Å². The highest BCUT2D eigenvalue weighted by Crippen LogP contribution is 2.26. The third-order valence-corrected chi connectivity index (χ3v) is 4.14. The maximum atomic E-state index is 12.6. The molecule has 1 amide bonds. The van der Waals surface area contributed by atoms with Gasteiger partial charge in [0.2, 0.25) is 5.91 Å². The van der Waals surface area contributed by atoms with Crippen LogP contribution in [-0.2, 0) is 4.79 Å². The largest absolute Gasteiger partial charge is 0.497 e. The van der Waals surface area contributed by atoms with Gasteiger partial charge in [-0.3, -0.25) is 14.2 Å². The summed E-state index contributed by atoms with van der Waals surface area (Å²) in [6.45, 7) is 0. The molecule has 0 unspecified atom stereocenters. The lowest BCUT2D eigenvalue weighted by molar-refractivity contribution is -0.116. The van der Waals surface area contributed by atoms with E-state index in [0.717, 1.165) is 5.69 Å². The Hall–Kier alpha value is -3.61. The Morgan fingerprint density at radius 3 is 2.32 bits per heavy atom. The second-order valence-electron chi connectivity index (χ2n) is 6.03. The number of para-hydroxylation sites is 1. The first-order valence-corrected chi connectivity index (χ1v) is 8.75. The van der Waals surface area contributed by atoms with Crippen molar-refractivity contribution in [1.29, 1.82) is 0 Å². The van der Waals surface area contributed by atoms with Gasteiger partial charge in [-0.05, 0) is 12.1 Å². The minimum Gasteiger partial charge on any atom is -0.497 e. The molecule has 0 atom stereocenters. The van der Waals surface area contributed by atoms with Crippen LogP contribution in [0.15, 0.2) is 60.9 Å². The number of hydrogen-bond donors (Lipinski definition) is 1. The van der Waals surface area contributed by atoms with Crippen molar-refractivity contribution in [3.8, 4) is 17.2 Å². The first kappa shape index (κ1) is 19.2. The number of amides is 1. The molecule has 1 N–H and O–H groups in total. The number of rotatable bonds is 8. The number of carbonyl (C=O) groups is 2. The van der Waals surface area contributed by atoms with Crippen molar-refractivity contribution in [2.75, 3.05) is 19.5 Å². The number of ether oxygens (including phenoxy) is 2. The molecule has 0 aliphatic heterocycles. The van der Waals surface area contributed by atoms with E-state index in [2.05, 4.69) is 10.3 Å². The molecular formula is C21H21N3O4. The number of carbonyl (C=O) groups excluding carboxylic acids is 2. The molecule has 0 aliphatic rings. The first-order chi connectivity index (χ1) is 13.6. The molecule has 3 aromatic rings. The van der Waals surface area contributed by atoms with Crippen molar-refractivity contribution < 1.29 is 19.1 Å². The summed E-state index contributed by atoms with van der Waals surface area (Å²) in [5, 5.41) is 2.76. The van der Waals surface area contributed by atoms with Gasteiger partial charge in [0.05, 0.1) is 14.2 Å². The highest BCUT2D eigenvalue weighted by Gasteiger charge is 2.16. The Balaban J connectivity index is 1.63. The van der Waals surface area contributed by atoms with E-state index in [4.69, 9.17) is 9.47 Å². The van der Waals surface area contributed by atoms with Crippen LogP contribution in [0.5, 0.6) is 11.5 Å². The maximum Gasteiger partial charge on any atom is 0.224 e. The topological polar surface area (TPSA) is 82.5 Å². The number of aromatic nitrogens is 2. The number of imidazole rings is 1. The smallest absolute Gasteiger partial charge is 0.224 e. The molecule has 0 aliphatic carbocycles. The molecule has 28 heavy (non-hydrogen) atoms. The van der Waals surface area contributed by atoms with Crippen LogP contribution in [0.2, 0.25) is 0 Å². The number of hydrogen-bond acceptors (Lipinski definition) is 5. The number of anilines is 1. The second-order valence-corrected chi connectivity index (χ2v) is 6.03. The fourth-order valence-corrected chi connectivity index (χ4v) is 2.75. The molecule has 144 valence electrons. The van der Waals surface area contributed by atoms with E-state index in [1.165, 1.54) is 14.2 Å². The normalized spacial score (nSPS) is 10.4. The molecule has 1 heterocycles. The van der Waals surface area contributed by atoms with Crippen LogP contribution in [0.3, 0.4) is 0 Å². The Bertz CT molecular complexity index is 945. The predicted octanol–water partition coefficient (Wildman–Crippen LogP) is 3.49. The Morgan fingerprint density at radius 1 is 1.00 bits per heavy atom. The van der Waals surface area contributed by atoms with E-state index in [1.807, 2.05) is 30.3 Å². The van der Waals surface area contributed by atoms with Crippen LogP contribution in [0, 0.1) is 0 Å². The van der Waals surface area contributed by atoms with Gasteiger partial charge in [-0.15, -0.1) is 0 Å². The van der Waals surface area contributed by atoms with Crippen LogP contribution in [0.1, 0.15) is 23.5 Å². The van der Waals surface area contributed by atoms with E-state index in [9.17, 15) is 9.59 Å². The van der Waals surface area contributed by atoms with Crippen molar-refractivity contribution in [2.45, 2.75) is 12.8 Å². The lowest BCUT2D eigenvalue weighted by atomic mass is 10.2. The van der Waals surface area contributed by atoms with Crippen molar-refractivity contribution >= 4 is 17.4 Å². The van der Waals surface area contributed by atoms with Crippen molar-refractivity contribution in [3.05, 3.63) is 66.7 Å². The highest BCUT2D eigenvalue weighted by molar-refractivity contribution is 5.98. The average Bonchev–Trinajstić information content (AvgIpc) is 3.22. The molecule has 0 radical (unpaired) electrons. The van der Waals surface area contributed by atoms with E-state index >= 15 is 0 Å². The van der Waals surface area contributed by atoms with Gasteiger partial charge in [-0.2, -0.15) is 0 Å². The van der Waals surface area contributed by atoms with Gasteiger partial charge in [-0.1, -0.05) is 18.2 Å². The Labute approximate surface area is 162 Å². The van der Waals surface area contributed by atoms with Gasteiger partial charge in [0.1, 0.15) is 11.5 Å². The number of nitrogens with one attached hydrogen (secondary N) is 1. The summed E-state index contributed by atoms with van der Waals surface area (Å²) in [7, 11) is 3.07. The minimum absolute atomic E-state index is 0.0417. The zero-order valence-electron chi connectivity index (χ0n) is 15.7. The summed E-state index contributed by atoms with van der Waals surface area (Å²) in [5.74, 6) is 0.960. The molecule has 0 bridgehead atoms. The third kappa shape index (κ3) is 4.56. The molecule has 0 fully saturated rings. The molecule has 0 saturated carbocycles. The Morgan fingerprint density at radius 2 is 1.68 bits per heavy atom. The minimum atomic E-state index is -0.276. The van der Waals surface area contributed by atoms with Gasteiger partial charge in [0.15, 0.2) is 11.6 Å². The molecule has 0 saturated heterocycles. The standard InChI is InChI=1S/C21H21N3O4/c1-27-17-12-15(13-18(14-17)28-2)23-20(26)9-8-19(25)21-22-10-11-24(21)16-6-4-3-5-7-16/h3-7,10-14H,8-9H2,1-2H3,(H,23,26). The van der Waals surface area contributed by atoms with Gasteiger partial charge in [-0.25, -0.2) is 4.98 Å². The number of Topliss-reactive ketones (excluding diaryl/α,β-unsaturated/α-hetero) is 1. The molecule has 1 aromatic heterocycles. The number of nitrogens with zero attached hydrogens (tertiary/aromatic N) is 2. The predicted molar refractivity (Wildman–Crippen MR) is 105 cm³/mol. The highest BCUT2D eigenvalue weighted by atomic mass is 16.5. The Kier molecular flexibility index (Phi) is 6.06. The van der Waals surface area contributed by atoms with Crippen LogP contribution in [-0.4, -0.2) is 35.5 Å². The molecule has 2 aromatic carbocycles. The number of methoxy groups -OCH3 is 2. The van der Waals surface area contributed by atoms with Crippen molar-refractivity contribution in [1.82, 2.24) is 9.55 Å². The van der Waals surface area contributed by atoms with E-state index < -0.39 is 0 Å². The fraction of sp³-hybridized carbons (Fsp3) is 0.190. The quantitative estimate of drug-likeness (QED) is 0.606. The first-order valence-electron chi connectivity index (χ1n) is 8.75. The summed E-state index contributed by atoms with van der Waals surface area (Å²) in [5.41, 5.74) is 1.38. The van der Waals surface area contributed by atoms with Gasteiger partial charge < -0.3 is 14.8 Å². The number of benzene rings is 2. The van der Waals surface area contributed by atoms with Crippen molar-refractivity contribution in [3.63, 3.8) is 0 Å². The average molecular weight is 379 g/mol. The molecule has 7 nitrogen and oxygen atoms in total. The zero-order chi connectivity index (χ0) is 19.9. The van der Waals surface area contributed by atoms with Crippen LogP contribution in [0.25, 0.3) is 5.69 Å². The second kappa shape index (κ2) is 8.85. The summed E-state index contributed by atoms with van der Waals surface area (Å²) in [4.78, 5) is 29.0. The molecular weight excluding hydrogens is 358 g/mol. The molecule has 0 spiro atoms. The molecule has 3 rings (SSSR count). The number of ketones is 1. The lowest BCUT2D eigenvalue weighted by Gasteiger charge is -2.10. The van der Waals surface area contributed by atoms with E-state index in [1.54, 1.807) is 35.2 Å². The summed E-state index contributed by atoms with van der Waals surface area (Å²) >= 11 is 0. The maximum absolute atomic E-state index is 12.6. The van der Waals surface area contributed by atoms with Gasteiger partial charge in [0.25, 0.3) is 0 Å². The van der Waals surface area contributed by atoms with Gasteiger partial charge in [0, 0.05) is 54.8 Å². The SMILES string of the molecule is COc1cc(NC(=O)CCC(=O)c2nccn2-c2ccccc2)cc(OC)c1. The molecule has 7 heteroatoms. The van der Waals surface area contributed by atoms with Crippen LogP contribution < -0.4 is 14.8 Å². The third-order valence-electron chi connectivity index (χ3n) is 4.14. The van der Waals surface area contributed by atoms with Crippen LogP contribution >= 0.6 is 0 Å². The van der Waals surface area contributed by atoms with Gasteiger partial charge >= 0.3 is 0 Å². The fourth-order valence-electron chi connectivity index (χ4n) is 2.75. The monoisotopic (exact) mass is 379 g/mol. The van der Waals surface area contributed by atoms with E-state index in [0.29, 0.717) is 23.0 Å².